The summed E-state index contributed by atoms with van der Waals surface area (Å²) in [6.45, 7) is 0. The van der Waals surface area contributed by atoms with Gasteiger partial charge in [-0.1, -0.05) is 22.0 Å². The van der Waals surface area contributed by atoms with Crippen molar-refractivity contribution in [1.82, 2.24) is 9.55 Å². The molecule has 0 aliphatic carbocycles. The summed E-state index contributed by atoms with van der Waals surface area (Å²) in [5.41, 5.74) is 3.40. The summed E-state index contributed by atoms with van der Waals surface area (Å²) < 4.78 is 3.52. The van der Waals surface area contributed by atoms with E-state index in [0.717, 1.165) is 21.2 Å². The van der Waals surface area contributed by atoms with Gasteiger partial charge in [-0.3, -0.25) is 4.57 Å². The molecule has 1 aromatic heterocycles. The highest BCUT2D eigenvalue weighted by Crippen LogP contribution is 2.22. The Labute approximate surface area is 123 Å². The van der Waals surface area contributed by atoms with E-state index in [1.54, 1.807) is 6.07 Å². The molecule has 0 saturated heterocycles. The molecule has 0 spiro atoms. The maximum absolute atomic E-state index is 9.01. The number of benzene rings is 2. The van der Waals surface area contributed by atoms with Crippen molar-refractivity contribution >= 4 is 39.2 Å². The van der Waals surface area contributed by atoms with E-state index in [9.17, 15) is 0 Å². The molecule has 0 amide bonds. The summed E-state index contributed by atoms with van der Waals surface area (Å²) in [7, 11) is 0. The standard InChI is InChI=1S/C14H8BrN3S/c15-10-2-1-3-11(7-10)18-13-6-9(8-16)4-5-12(13)17-14(18)19/h1-7H,(H,17,19). The van der Waals surface area contributed by atoms with Crippen LogP contribution in [0.3, 0.4) is 0 Å². The molecule has 3 aromatic rings. The number of aromatic nitrogens is 2. The van der Waals surface area contributed by atoms with Gasteiger partial charge in [-0.2, -0.15) is 5.26 Å². The maximum atomic E-state index is 9.01. The molecule has 3 rings (SSSR count). The Balaban J connectivity index is 2.37. The average molecular weight is 330 g/mol. The van der Waals surface area contributed by atoms with Crippen LogP contribution in [0.5, 0.6) is 0 Å². The summed E-state index contributed by atoms with van der Waals surface area (Å²) in [6.07, 6.45) is 0. The van der Waals surface area contributed by atoms with E-state index >= 15 is 0 Å². The number of halogens is 1. The number of aromatic amines is 1. The molecule has 0 radical (unpaired) electrons. The number of H-pyrrole nitrogens is 1. The van der Waals surface area contributed by atoms with Gasteiger partial charge in [0, 0.05) is 10.2 Å². The van der Waals surface area contributed by atoms with E-state index in [2.05, 4.69) is 27.0 Å². The number of imidazole rings is 1. The maximum Gasteiger partial charge on any atom is 0.182 e. The van der Waals surface area contributed by atoms with Crippen molar-refractivity contribution in [3.05, 3.63) is 57.3 Å². The first kappa shape index (κ1) is 12.2. The van der Waals surface area contributed by atoms with Crippen LogP contribution in [0, 0.1) is 16.1 Å². The van der Waals surface area contributed by atoms with Crippen molar-refractivity contribution in [2.75, 3.05) is 0 Å². The van der Waals surface area contributed by atoms with Crippen LogP contribution in [0.2, 0.25) is 0 Å². The summed E-state index contributed by atoms with van der Waals surface area (Å²) in [5, 5.41) is 9.01. The second-order valence-corrected chi connectivity index (χ2v) is 5.39. The highest BCUT2D eigenvalue weighted by Gasteiger charge is 2.07. The number of nitriles is 1. The molecule has 0 saturated carbocycles. The monoisotopic (exact) mass is 329 g/mol. The molecular formula is C14H8BrN3S. The third-order valence-electron chi connectivity index (χ3n) is 2.88. The molecule has 1 N–H and O–H groups in total. The van der Waals surface area contributed by atoms with Crippen LogP contribution < -0.4 is 0 Å². The fourth-order valence-electron chi connectivity index (χ4n) is 2.04. The van der Waals surface area contributed by atoms with Crippen molar-refractivity contribution < 1.29 is 0 Å². The zero-order valence-corrected chi connectivity index (χ0v) is 12.1. The first-order valence-electron chi connectivity index (χ1n) is 5.60. The molecule has 3 nitrogen and oxygen atoms in total. The minimum atomic E-state index is 0.614. The van der Waals surface area contributed by atoms with Crippen molar-refractivity contribution in [2.45, 2.75) is 0 Å². The molecular weight excluding hydrogens is 322 g/mol. The SMILES string of the molecule is N#Cc1ccc2[nH]c(=S)n(-c3cccc(Br)c3)c2c1. The summed E-state index contributed by atoms with van der Waals surface area (Å²) >= 11 is 8.82. The molecule has 0 aliphatic heterocycles. The molecule has 5 heteroatoms. The van der Waals surface area contributed by atoms with Gasteiger partial charge in [-0.05, 0) is 48.6 Å². The third kappa shape index (κ3) is 2.09. The van der Waals surface area contributed by atoms with Crippen molar-refractivity contribution in [3.63, 3.8) is 0 Å². The first-order valence-corrected chi connectivity index (χ1v) is 6.80. The zero-order chi connectivity index (χ0) is 13.4. The number of hydrogen-bond donors (Lipinski definition) is 1. The van der Waals surface area contributed by atoms with Crippen LogP contribution in [-0.2, 0) is 0 Å². The molecule has 19 heavy (non-hydrogen) atoms. The fraction of sp³-hybridized carbons (Fsp3) is 0. The van der Waals surface area contributed by atoms with Crippen molar-refractivity contribution in [3.8, 4) is 11.8 Å². The van der Waals surface area contributed by atoms with Gasteiger partial charge >= 0.3 is 0 Å². The summed E-state index contributed by atoms with van der Waals surface area (Å²) in [5.74, 6) is 0. The van der Waals surface area contributed by atoms with Crippen LogP contribution in [0.1, 0.15) is 5.56 Å². The first-order chi connectivity index (χ1) is 9.19. The van der Waals surface area contributed by atoms with Crippen LogP contribution in [0.25, 0.3) is 16.7 Å². The predicted octanol–water partition coefficient (Wildman–Crippen LogP) is 4.32. The summed E-state index contributed by atoms with van der Waals surface area (Å²) in [4.78, 5) is 3.15. The van der Waals surface area contributed by atoms with Gasteiger partial charge in [0.1, 0.15) is 0 Å². The van der Waals surface area contributed by atoms with E-state index in [1.807, 2.05) is 41.0 Å². The third-order valence-corrected chi connectivity index (χ3v) is 3.66. The number of nitrogens with one attached hydrogen (secondary N) is 1. The largest absolute Gasteiger partial charge is 0.330 e. The van der Waals surface area contributed by atoms with E-state index in [1.165, 1.54) is 0 Å². The van der Waals surface area contributed by atoms with Gasteiger partial charge in [0.05, 0.1) is 22.7 Å². The van der Waals surface area contributed by atoms with E-state index < -0.39 is 0 Å². The summed E-state index contributed by atoms with van der Waals surface area (Å²) in [6, 6.07) is 15.5. The molecule has 1 heterocycles. The second-order valence-electron chi connectivity index (χ2n) is 4.09. The highest BCUT2D eigenvalue weighted by atomic mass is 79.9. The van der Waals surface area contributed by atoms with Gasteiger partial charge in [-0.15, -0.1) is 0 Å². The lowest BCUT2D eigenvalue weighted by Crippen LogP contribution is -1.93. The number of fused-ring (bicyclic) bond motifs is 1. The zero-order valence-electron chi connectivity index (χ0n) is 9.72. The van der Waals surface area contributed by atoms with Crippen LogP contribution in [-0.4, -0.2) is 9.55 Å². The Morgan fingerprint density at radius 1 is 1.21 bits per heavy atom. The predicted molar refractivity (Wildman–Crippen MR) is 80.9 cm³/mol. The van der Waals surface area contributed by atoms with E-state index in [-0.39, 0.29) is 0 Å². The highest BCUT2D eigenvalue weighted by molar-refractivity contribution is 9.10. The smallest absolute Gasteiger partial charge is 0.182 e. The van der Waals surface area contributed by atoms with Crippen LogP contribution in [0.4, 0.5) is 0 Å². The Kier molecular flexibility index (Phi) is 2.97. The molecule has 0 atom stereocenters. The number of hydrogen-bond acceptors (Lipinski definition) is 2. The van der Waals surface area contributed by atoms with Crippen LogP contribution >= 0.6 is 28.1 Å². The van der Waals surface area contributed by atoms with Gasteiger partial charge in [0.15, 0.2) is 4.77 Å². The van der Waals surface area contributed by atoms with Gasteiger partial charge in [0.2, 0.25) is 0 Å². The van der Waals surface area contributed by atoms with Crippen molar-refractivity contribution in [1.29, 1.82) is 5.26 Å². The van der Waals surface area contributed by atoms with Gasteiger partial charge < -0.3 is 4.98 Å². The molecule has 0 unspecified atom stereocenters. The van der Waals surface area contributed by atoms with Crippen LogP contribution in [0.15, 0.2) is 46.9 Å². The van der Waals surface area contributed by atoms with Crippen molar-refractivity contribution in [2.24, 2.45) is 0 Å². The molecule has 0 aliphatic rings. The quantitative estimate of drug-likeness (QED) is 0.675. The van der Waals surface area contributed by atoms with E-state index in [0.29, 0.717) is 10.3 Å². The Bertz CT molecular complexity index is 870. The fourth-order valence-corrected chi connectivity index (χ4v) is 2.74. The molecule has 0 fully saturated rings. The minimum Gasteiger partial charge on any atom is -0.330 e. The average Bonchev–Trinajstić information content (AvgIpc) is 2.73. The Morgan fingerprint density at radius 2 is 2.05 bits per heavy atom. The topological polar surface area (TPSA) is 44.5 Å². The Hall–Kier alpha value is -1.90. The van der Waals surface area contributed by atoms with E-state index in [4.69, 9.17) is 17.5 Å². The Morgan fingerprint density at radius 3 is 2.79 bits per heavy atom. The second kappa shape index (κ2) is 4.65. The molecule has 2 aromatic carbocycles. The molecule has 0 bridgehead atoms. The number of rotatable bonds is 1. The minimum absolute atomic E-state index is 0.614. The normalized spacial score (nSPS) is 10.5. The van der Waals surface area contributed by atoms with Gasteiger partial charge in [-0.25, -0.2) is 0 Å². The number of nitrogens with zero attached hydrogens (tertiary/aromatic N) is 2. The van der Waals surface area contributed by atoms with Gasteiger partial charge in [0.25, 0.3) is 0 Å². The molecule has 92 valence electrons. The lowest BCUT2D eigenvalue weighted by molar-refractivity contribution is 1.06. The lowest BCUT2D eigenvalue weighted by atomic mass is 10.2. The lowest BCUT2D eigenvalue weighted by Gasteiger charge is -2.05.